The first-order valence-electron chi connectivity index (χ1n) is 9.85. The lowest BCUT2D eigenvalue weighted by Gasteiger charge is -2.09. The van der Waals surface area contributed by atoms with Crippen LogP contribution in [-0.2, 0) is 7.05 Å². The lowest BCUT2D eigenvalue weighted by molar-refractivity contribution is 0.0923. The van der Waals surface area contributed by atoms with E-state index < -0.39 is 24.1 Å². The van der Waals surface area contributed by atoms with Gasteiger partial charge in [0.05, 0.1) is 0 Å². The molecule has 1 amide bonds. The number of nitrogens with zero attached hydrogens (tertiary/aromatic N) is 5. The van der Waals surface area contributed by atoms with Crippen molar-refractivity contribution in [3.05, 3.63) is 47.4 Å². The Morgan fingerprint density at radius 1 is 1.30 bits per heavy atom. The molecule has 3 aromatic heterocycles. The van der Waals surface area contributed by atoms with Gasteiger partial charge in [-0.2, -0.15) is 10.1 Å². The van der Waals surface area contributed by atoms with Crippen LogP contribution in [-0.4, -0.2) is 30.8 Å². The first kappa shape index (κ1) is 20.1. The Hall–Kier alpha value is -3.17. The summed E-state index contributed by atoms with van der Waals surface area (Å²) in [5.74, 6) is 0.533. The number of hydrogen-bond acceptors (Lipinski definition) is 6. The van der Waals surface area contributed by atoms with Crippen molar-refractivity contribution in [1.29, 1.82) is 0 Å². The van der Waals surface area contributed by atoms with Crippen molar-refractivity contribution < 1.29 is 18.1 Å². The van der Waals surface area contributed by atoms with Gasteiger partial charge in [-0.25, -0.2) is 8.78 Å². The average Bonchev–Trinajstić information content (AvgIpc) is 3.48. The molecule has 1 aliphatic rings. The second-order valence-electron chi connectivity index (χ2n) is 7.48. The fourth-order valence-electron chi connectivity index (χ4n) is 3.70. The minimum atomic E-state index is -2.75. The first-order valence-corrected chi connectivity index (χ1v) is 9.85. The number of carbonyl (C=O) groups excluding carboxylic acids is 1. The molecule has 1 fully saturated rings. The topological polar surface area (TPSA) is 98.7 Å². The van der Waals surface area contributed by atoms with Gasteiger partial charge in [-0.05, 0) is 38.0 Å². The van der Waals surface area contributed by atoms with Crippen LogP contribution < -0.4 is 5.32 Å². The zero-order valence-electron chi connectivity index (χ0n) is 16.7. The fraction of sp³-hybridized carbons (Fsp3) is 0.450. The summed E-state index contributed by atoms with van der Waals surface area (Å²) in [4.78, 5) is 21.3. The third-order valence-electron chi connectivity index (χ3n) is 5.33. The van der Waals surface area contributed by atoms with Crippen LogP contribution in [0.25, 0.3) is 11.4 Å². The number of carbonyl (C=O) groups is 1. The van der Waals surface area contributed by atoms with Crippen LogP contribution in [0.1, 0.15) is 78.8 Å². The van der Waals surface area contributed by atoms with Gasteiger partial charge >= 0.3 is 0 Å². The summed E-state index contributed by atoms with van der Waals surface area (Å²) >= 11 is 0. The lowest BCUT2D eigenvalue weighted by Crippen LogP contribution is -2.28. The summed E-state index contributed by atoms with van der Waals surface area (Å²) in [6, 6.07) is 4.25. The van der Waals surface area contributed by atoms with Crippen LogP contribution in [0.5, 0.6) is 0 Å². The highest BCUT2D eigenvalue weighted by Crippen LogP contribution is 2.34. The smallest absolute Gasteiger partial charge is 0.282 e. The maximum Gasteiger partial charge on any atom is 0.282 e. The SMILES string of the molecule is CC(NC(=O)c1cc(C(F)F)nn1C)c1nc(-c2ccnc(C3CCCC3)c2)no1. The molecule has 0 aromatic carbocycles. The van der Waals surface area contributed by atoms with Crippen LogP contribution in [0.15, 0.2) is 28.9 Å². The highest BCUT2D eigenvalue weighted by atomic mass is 19.3. The molecule has 0 aliphatic heterocycles. The molecule has 1 unspecified atom stereocenters. The maximum absolute atomic E-state index is 12.8. The number of hydrogen-bond donors (Lipinski definition) is 1. The van der Waals surface area contributed by atoms with E-state index >= 15 is 0 Å². The predicted molar refractivity (Wildman–Crippen MR) is 103 cm³/mol. The van der Waals surface area contributed by atoms with Crippen LogP contribution >= 0.6 is 0 Å². The highest BCUT2D eigenvalue weighted by Gasteiger charge is 2.23. The van der Waals surface area contributed by atoms with Crippen molar-refractivity contribution in [3.63, 3.8) is 0 Å². The van der Waals surface area contributed by atoms with Gasteiger partial charge in [0.15, 0.2) is 0 Å². The Balaban J connectivity index is 1.47. The lowest BCUT2D eigenvalue weighted by atomic mass is 10.0. The van der Waals surface area contributed by atoms with E-state index in [1.807, 2.05) is 12.1 Å². The number of alkyl halides is 2. The summed E-state index contributed by atoms with van der Waals surface area (Å²) in [6.45, 7) is 1.68. The minimum absolute atomic E-state index is 0.0206. The van der Waals surface area contributed by atoms with E-state index in [2.05, 4.69) is 25.5 Å². The van der Waals surface area contributed by atoms with Crippen LogP contribution in [0.2, 0.25) is 0 Å². The monoisotopic (exact) mass is 416 g/mol. The first-order chi connectivity index (χ1) is 14.4. The maximum atomic E-state index is 12.8. The average molecular weight is 416 g/mol. The Labute approximate surface area is 171 Å². The predicted octanol–water partition coefficient (Wildman–Crippen LogP) is 3.95. The molecule has 0 spiro atoms. The molecule has 0 radical (unpaired) electrons. The van der Waals surface area contributed by atoms with E-state index in [1.54, 1.807) is 13.1 Å². The quantitative estimate of drug-likeness (QED) is 0.653. The second-order valence-corrected chi connectivity index (χ2v) is 7.48. The van der Waals surface area contributed by atoms with E-state index in [-0.39, 0.29) is 11.6 Å². The summed E-state index contributed by atoms with van der Waals surface area (Å²) in [7, 11) is 1.43. The molecule has 1 aliphatic carbocycles. The molecule has 10 heteroatoms. The van der Waals surface area contributed by atoms with Gasteiger partial charge in [-0.15, -0.1) is 0 Å². The van der Waals surface area contributed by atoms with Crippen LogP contribution in [0.4, 0.5) is 8.78 Å². The number of pyridine rings is 1. The molecule has 30 heavy (non-hydrogen) atoms. The van der Waals surface area contributed by atoms with Crippen molar-refractivity contribution in [2.24, 2.45) is 7.05 Å². The van der Waals surface area contributed by atoms with Crippen molar-refractivity contribution in [1.82, 2.24) is 30.2 Å². The molecule has 158 valence electrons. The van der Waals surface area contributed by atoms with Gasteiger partial charge < -0.3 is 9.84 Å². The fourth-order valence-corrected chi connectivity index (χ4v) is 3.70. The van der Waals surface area contributed by atoms with E-state index in [9.17, 15) is 13.6 Å². The Morgan fingerprint density at radius 3 is 2.77 bits per heavy atom. The number of aromatic nitrogens is 5. The molecule has 1 N–H and O–H groups in total. The number of rotatable bonds is 6. The van der Waals surface area contributed by atoms with Gasteiger partial charge in [0.25, 0.3) is 12.3 Å². The molecule has 0 saturated heterocycles. The molecule has 0 bridgehead atoms. The zero-order valence-corrected chi connectivity index (χ0v) is 16.7. The molecule has 1 atom stereocenters. The van der Waals surface area contributed by atoms with Gasteiger partial charge in [0.1, 0.15) is 17.4 Å². The van der Waals surface area contributed by atoms with E-state index in [0.29, 0.717) is 11.7 Å². The Morgan fingerprint density at radius 2 is 2.07 bits per heavy atom. The molecule has 8 nitrogen and oxygen atoms in total. The highest BCUT2D eigenvalue weighted by molar-refractivity contribution is 5.92. The number of nitrogens with one attached hydrogen (secondary N) is 1. The molecule has 4 rings (SSSR count). The number of aryl methyl sites for hydroxylation is 1. The third-order valence-corrected chi connectivity index (χ3v) is 5.33. The number of halogens is 2. The van der Waals surface area contributed by atoms with E-state index in [1.165, 1.54) is 19.9 Å². The Bertz CT molecular complexity index is 1040. The molecular weight excluding hydrogens is 394 g/mol. The summed E-state index contributed by atoms with van der Waals surface area (Å²) in [5, 5.41) is 10.3. The van der Waals surface area contributed by atoms with Crippen molar-refractivity contribution in [2.45, 2.75) is 51.0 Å². The standard InChI is InChI=1S/C20H22F2N6O2/c1-11(24-19(29)16-10-15(17(21)22)26-28(16)2)20-25-18(27-30-20)13-7-8-23-14(9-13)12-5-3-4-6-12/h7-12,17H,3-6H2,1-2H3,(H,24,29). The minimum Gasteiger partial charge on any atom is -0.339 e. The molecule has 3 aromatic rings. The summed E-state index contributed by atoms with van der Waals surface area (Å²) < 4.78 is 32.0. The van der Waals surface area contributed by atoms with Crippen molar-refractivity contribution in [3.8, 4) is 11.4 Å². The van der Waals surface area contributed by atoms with Gasteiger partial charge in [0, 0.05) is 30.4 Å². The zero-order chi connectivity index (χ0) is 21.3. The number of amides is 1. The molecular formula is C20H22F2N6O2. The van der Waals surface area contributed by atoms with Gasteiger partial charge in [-0.3, -0.25) is 14.5 Å². The van der Waals surface area contributed by atoms with Crippen LogP contribution in [0, 0.1) is 0 Å². The van der Waals surface area contributed by atoms with E-state index in [4.69, 9.17) is 4.52 Å². The molecule has 3 heterocycles. The third kappa shape index (κ3) is 4.07. The Kier molecular flexibility index (Phi) is 5.56. The molecule has 1 saturated carbocycles. The normalized spacial score (nSPS) is 15.6. The van der Waals surface area contributed by atoms with Crippen molar-refractivity contribution in [2.75, 3.05) is 0 Å². The second kappa shape index (κ2) is 8.29. The van der Waals surface area contributed by atoms with Gasteiger partial charge in [-0.1, -0.05) is 18.0 Å². The summed E-state index contributed by atoms with van der Waals surface area (Å²) in [5.41, 5.74) is 1.40. The van der Waals surface area contributed by atoms with Gasteiger partial charge in [0.2, 0.25) is 11.7 Å². The van der Waals surface area contributed by atoms with Crippen molar-refractivity contribution >= 4 is 5.91 Å². The van der Waals surface area contributed by atoms with E-state index in [0.717, 1.165) is 34.8 Å². The largest absolute Gasteiger partial charge is 0.339 e. The van der Waals surface area contributed by atoms with Crippen LogP contribution in [0.3, 0.4) is 0 Å². The summed E-state index contributed by atoms with van der Waals surface area (Å²) in [6.07, 6.45) is 3.71.